The number of aliphatic hydroxyl groups excluding tert-OH is 1. The van der Waals surface area contributed by atoms with E-state index < -0.39 is 11.7 Å². The number of hydrogen-bond donors (Lipinski definition) is 1. The summed E-state index contributed by atoms with van der Waals surface area (Å²) in [6, 6.07) is 4.67. The van der Waals surface area contributed by atoms with Crippen molar-refractivity contribution in [2.45, 2.75) is 6.42 Å². The molecule has 0 aliphatic heterocycles. The minimum atomic E-state index is -0.503. The molecule has 1 N–H and O–H groups in total. The molecule has 0 unspecified atom stereocenters. The Morgan fingerprint density at radius 2 is 2.28 bits per heavy atom. The van der Waals surface area contributed by atoms with E-state index in [1.165, 1.54) is 10.6 Å². The number of esters is 1. The van der Waals surface area contributed by atoms with E-state index in [9.17, 15) is 9.59 Å². The van der Waals surface area contributed by atoms with Gasteiger partial charge in [0.05, 0.1) is 17.7 Å². The Bertz CT molecular complexity index is 625. The van der Waals surface area contributed by atoms with Crippen molar-refractivity contribution < 1.29 is 19.1 Å². The fourth-order valence-electron chi connectivity index (χ4n) is 1.57. The summed E-state index contributed by atoms with van der Waals surface area (Å²) in [5.74, 6) is -0.979. The first-order chi connectivity index (χ1) is 8.63. The van der Waals surface area contributed by atoms with E-state index in [1.54, 1.807) is 19.2 Å². The van der Waals surface area contributed by atoms with Crippen LogP contribution in [0.15, 0.2) is 27.4 Å². The van der Waals surface area contributed by atoms with Gasteiger partial charge in [-0.15, -0.1) is 0 Å². The quantitative estimate of drug-likeness (QED) is 0.638. The summed E-state index contributed by atoms with van der Waals surface area (Å²) in [5, 5.41) is 8.58. The van der Waals surface area contributed by atoms with Crippen LogP contribution >= 0.6 is 0 Å². The zero-order valence-electron chi connectivity index (χ0n) is 9.88. The summed E-state index contributed by atoms with van der Waals surface area (Å²) >= 11 is 0. The second-order valence-corrected chi connectivity index (χ2v) is 3.82. The van der Waals surface area contributed by atoms with Gasteiger partial charge in [0.15, 0.2) is 5.58 Å². The van der Waals surface area contributed by atoms with Gasteiger partial charge in [0, 0.05) is 20.1 Å². The van der Waals surface area contributed by atoms with Crippen molar-refractivity contribution in [2.75, 3.05) is 13.2 Å². The molecule has 6 heteroatoms. The van der Waals surface area contributed by atoms with E-state index in [-0.39, 0.29) is 13.2 Å². The molecule has 0 aliphatic rings. The fraction of sp³-hybridized carbons (Fsp3) is 0.333. The van der Waals surface area contributed by atoms with Crippen LogP contribution < -0.4 is 5.76 Å². The number of oxazole rings is 1. The molecule has 18 heavy (non-hydrogen) atoms. The van der Waals surface area contributed by atoms with Crippen LogP contribution in [-0.4, -0.2) is 28.9 Å². The number of benzene rings is 1. The molecule has 0 spiro atoms. The SMILES string of the molecule is Cn1c(=O)oc2cc(C(=O)OCCCO)ccc21. The van der Waals surface area contributed by atoms with Crippen molar-refractivity contribution in [1.29, 1.82) is 0 Å². The number of fused-ring (bicyclic) bond motifs is 1. The summed E-state index contributed by atoms with van der Waals surface area (Å²) in [4.78, 5) is 22.9. The Kier molecular flexibility index (Phi) is 3.47. The molecule has 0 amide bonds. The molecule has 0 bridgehead atoms. The van der Waals surface area contributed by atoms with Gasteiger partial charge < -0.3 is 14.3 Å². The van der Waals surface area contributed by atoms with Gasteiger partial charge in [-0.05, 0) is 18.2 Å². The second kappa shape index (κ2) is 5.05. The summed E-state index contributed by atoms with van der Waals surface area (Å²) in [5.41, 5.74) is 1.28. The predicted molar refractivity (Wildman–Crippen MR) is 63.4 cm³/mol. The molecule has 0 radical (unpaired) electrons. The number of aromatic nitrogens is 1. The number of aliphatic hydroxyl groups is 1. The third kappa shape index (κ3) is 2.28. The van der Waals surface area contributed by atoms with Crippen LogP contribution in [0, 0.1) is 0 Å². The first-order valence-corrected chi connectivity index (χ1v) is 5.51. The summed E-state index contributed by atoms with van der Waals surface area (Å²) in [7, 11) is 1.59. The highest BCUT2D eigenvalue weighted by Gasteiger charge is 2.11. The maximum Gasteiger partial charge on any atom is 0.419 e. The third-order valence-electron chi connectivity index (χ3n) is 2.56. The maximum atomic E-state index is 11.6. The molecule has 1 heterocycles. The van der Waals surface area contributed by atoms with Gasteiger partial charge in [-0.2, -0.15) is 0 Å². The van der Waals surface area contributed by atoms with Crippen LogP contribution in [0.4, 0.5) is 0 Å². The number of rotatable bonds is 4. The molecule has 6 nitrogen and oxygen atoms in total. The molecule has 0 atom stereocenters. The standard InChI is InChI=1S/C12H13NO5/c1-13-9-4-3-8(7-10(9)18-12(13)16)11(15)17-6-2-5-14/h3-4,7,14H,2,5-6H2,1H3. The second-order valence-electron chi connectivity index (χ2n) is 3.82. The third-order valence-corrected chi connectivity index (χ3v) is 2.56. The van der Waals surface area contributed by atoms with Crippen LogP contribution in [0.5, 0.6) is 0 Å². The lowest BCUT2D eigenvalue weighted by Crippen LogP contribution is -2.08. The van der Waals surface area contributed by atoms with Crippen LogP contribution in [0.1, 0.15) is 16.8 Å². The van der Waals surface area contributed by atoms with Gasteiger partial charge >= 0.3 is 11.7 Å². The number of carbonyl (C=O) groups excluding carboxylic acids is 1. The lowest BCUT2D eigenvalue weighted by Gasteiger charge is -2.03. The molecule has 0 aliphatic carbocycles. The first kappa shape index (κ1) is 12.4. The summed E-state index contributed by atoms with van der Waals surface area (Å²) in [6.07, 6.45) is 0.397. The van der Waals surface area contributed by atoms with Crippen molar-refractivity contribution in [2.24, 2.45) is 7.05 Å². The first-order valence-electron chi connectivity index (χ1n) is 5.51. The highest BCUT2D eigenvalue weighted by molar-refractivity contribution is 5.93. The Hall–Kier alpha value is -2.08. The van der Waals surface area contributed by atoms with Gasteiger partial charge in [0.1, 0.15) is 0 Å². The Balaban J connectivity index is 2.24. The molecule has 2 rings (SSSR count). The molecule has 96 valence electrons. The number of aryl methyl sites for hydroxylation is 1. The van der Waals surface area contributed by atoms with Crippen molar-refractivity contribution >= 4 is 17.1 Å². The molecule has 0 fully saturated rings. The van der Waals surface area contributed by atoms with Gasteiger partial charge in [0.25, 0.3) is 0 Å². The van der Waals surface area contributed by atoms with Crippen molar-refractivity contribution in [1.82, 2.24) is 4.57 Å². The van der Waals surface area contributed by atoms with Crippen molar-refractivity contribution in [3.63, 3.8) is 0 Å². The average Bonchev–Trinajstić information content (AvgIpc) is 2.65. The van der Waals surface area contributed by atoms with Gasteiger partial charge in [-0.1, -0.05) is 0 Å². The molecule has 0 saturated carbocycles. The summed E-state index contributed by atoms with van der Waals surface area (Å²) in [6.45, 7) is 0.131. The molecule has 1 aromatic heterocycles. The van der Waals surface area contributed by atoms with Gasteiger partial charge in [0.2, 0.25) is 0 Å². The molecule has 2 aromatic rings. The van der Waals surface area contributed by atoms with Gasteiger partial charge in [-0.3, -0.25) is 4.57 Å². The minimum absolute atomic E-state index is 0.0279. The molecular formula is C12H13NO5. The number of nitrogens with zero attached hydrogens (tertiary/aromatic N) is 1. The zero-order chi connectivity index (χ0) is 13.1. The van der Waals surface area contributed by atoms with Crippen molar-refractivity contribution in [3.8, 4) is 0 Å². The highest BCUT2D eigenvalue weighted by atomic mass is 16.5. The molecule has 0 saturated heterocycles. The van der Waals surface area contributed by atoms with Crippen LogP contribution in [0.25, 0.3) is 11.1 Å². The summed E-state index contributed by atoms with van der Waals surface area (Å²) < 4.78 is 11.3. The molecular weight excluding hydrogens is 238 g/mol. The predicted octanol–water partition coefficient (Wildman–Crippen LogP) is 0.671. The van der Waals surface area contributed by atoms with E-state index in [1.807, 2.05) is 0 Å². The highest BCUT2D eigenvalue weighted by Crippen LogP contribution is 2.15. The van der Waals surface area contributed by atoms with E-state index in [2.05, 4.69) is 0 Å². The van der Waals surface area contributed by atoms with Gasteiger partial charge in [-0.25, -0.2) is 9.59 Å². The Morgan fingerprint density at radius 3 is 3.00 bits per heavy atom. The van der Waals surface area contributed by atoms with E-state index in [0.29, 0.717) is 23.1 Å². The number of carbonyl (C=O) groups is 1. The van der Waals surface area contributed by atoms with Crippen LogP contribution in [-0.2, 0) is 11.8 Å². The topological polar surface area (TPSA) is 81.7 Å². The van der Waals surface area contributed by atoms with E-state index >= 15 is 0 Å². The monoisotopic (exact) mass is 251 g/mol. The number of hydrogen-bond acceptors (Lipinski definition) is 5. The number of ether oxygens (including phenoxy) is 1. The maximum absolute atomic E-state index is 11.6. The Labute approximate surface area is 102 Å². The molecule has 1 aromatic carbocycles. The largest absolute Gasteiger partial charge is 0.462 e. The zero-order valence-corrected chi connectivity index (χ0v) is 9.88. The lowest BCUT2D eigenvalue weighted by molar-refractivity contribution is 0.0482. The van der Waals surface area contributed by atoms with Crippen molar-refractivity contribution in [3.05, 3.63) is 34.3 Å². The van der Waals surface area contributed by atoms with E-state index in [0.717, 1.165) is 0 Å². The minimum Gasteiger partial charge on any atom is -0.462 e. The smallest absolute Gasteiger partial charge is 0.419 e. The average molecular weight is 251 g/mol. The van der Waals surface area contributed by atoms with Crippen LogP contribution in [0.3, 0.4) is 0 Å². The normalized spacial score (nSPS) is 10.8. The fourth-order valence-corrected chi connectivity index (χ4v) is 1.57. The Morgan fingerprint density at radius 1 is 1.50 bits per heavy atom. The van der Waals surface area contributed by atoms with E-state index in [4.69, 9.17) is 14.3 Å². The van der Waals surface area contributed by atoms with Crippen LogP contribution in [0.2, 0.25) is 0 Å². The lowest BCUT2D eigenvalue weighted by atomic mass is 10.2.